The molecule has 1 aliphatic heterocycles. The van der Waals surface area contributed by atoms with E-state index in [9.17, 15) is 8.42 Å². The van der Waals surface area contributed by atoms with Gasteiger partial charge in [-0.1, -0.05) is 65.8 Å². The third-order valence-corrected chi connectivity index (χ3v) is 19.8. The van der Waals surface area contributed by atoms with Crippen molar-refractivity contribution in [1.29, 1.82) is 0 Å². The molecule has 0 amide bonds. The van der Waals surface area contributed by atoms with Gasteiger partial charge in [0.05, 0.1) is 41.7 Å². The molecule has 1 aliphatic rings. The van der Waals surface area contributed by atoms with Crippen molar-refractivity contribution in [3.8, 4) is 0 Å². The molecule has 1 heterocycles. The fourth-order valence-corrected chi connectivity index (χ4v) is 8.56. The summed E-state index contributed by atoms with van der Waals surface area (Å²) < 4.78 is 52.9. The minimum Gasteiger partial charge on any atom is -0.414 e. The fraction of sp³-hybridized carbons (Fsp3) is 0.733. The van der Waals surface area contributed by atoms with Gasteiger partial charge in [0.25, 0.3) is 0 Å². The highest BCUT2D eigenvalue weighted by atomic mass is 32.2. The average Bonchev–Trinajstić information content (AvgIpc) is 3.11. The van der Waals surface area contributed by atoms with Gasteiger partial charge in [-0.15, -0.1) is 6.58 Å². The molecule has 6 nitrogen and oxygen atoms in total. The van der Waals surface area contributed by atoms with E-state index in [0.29, 0.717) is 24.3 Å². The molecule has 1 saturated heterocycles. The van der Waals surface area contributed by atoms with Crippen molar-refractivity contribution >= 4 is 26.5 Å². The van der Waals surface area contributed by atoms with Gasteiger partial charge in [0.1, 0.15) is 0 Å². The van der Waals surface area contributed by atoms with Crippen molar-refractivity contribution in [3.05, 3.63) is 43.0 Å². The van der Waals surface area contributed by atoms with Crippen LogP contribution in [-0.2, 0) is 28.2 Å². The molecule has 0 N–H and O–H groups in total. The molecule has 1 unspecified atom stereocenters. The Morgan fingerprint density at radius 3 is 2.03 bits per heavy atom. The molecule has 9 heteroatoms. The average molecular weight is 599 g/mol. The fourth-order valence-electron chi connectivity index (χ4n) is 4.50. The van der Waals surface area contributed by atoms with Crippen molar-refractivity contribution in [2.75, 3.05) is 19.5 Å². The van der Waals surface area contributed by atoms with Crippen LogP contribution in [0, 0.1) is 5.92 Å². The number of hydrogen-bond acceptors (Lipinski definition) is 6. The lowest BCUT2D eigenvalue weighted by molar-refractivity contribution is -0.0357. The van der Waals surface area contributed by atoms with Gasteiger partial charge in [-0.05, 0) is 54.8 Å². The summed E-state index contributed by atoms with van der Waals surface area (Å²) in [6, 6.07) is 8.62. The van der Waals surface area contributed by atoms with Crippen LogP contribution >= 0.6 is 0 Å². The first-order valence-electron chi connectivity index (χ1n) is 14.1. The molecule has 5 atom stereocenters. The number of methoxy groups -OCH3 is 1. The molecule has 0 radical (unpaired) electrons. The van der Waals surface area contributed by atoms with E-state index in [-0.39, 0.29) is 46.2 Å². The van der Waals surface area contributed by atoms with Crippen LogP contribution in [0.1, 0.15) is 54.4 Å². The van der Waals surface area contributed by atoms with Crippen LogP contribution < -0.4 is 0 Å². The van der Waals surface area contributed by atoms with Gasteiger partial charge in [0.2, 0.25) is 0 Å². The minimum atomic E-state index is -3.52. The minimum absolute atomic E-state index is 0.0388. The Labute approximate surface area is 241 Å². The number of sulfone groups is 1. The molecule has 224 valence electrons. The highest BCUT2D eigenvalue weighted by Gasteiger charge is 2.48. The molecule has 39 heavy (non-hydrogen) atoms. The zero-order chi connectivity index (χ0) is 29.9. The highest BCUT2D eigenvalue weighted by molar-refractivity contribution is 7.91. The monoisotopic (exact) mass is 598 g/mol. The normalized spacial score (nSPS) is 24.1. The Morgan fingerprint density at radius 1 is 0.974 bits per heavy atom. The maximum atomic E-state index is 13.4. The van der Waals surface area contributed by atoms with E-state index in [4.69, 9.17) is 18.3 Å². The Bertz CT molecular complexity index is 1030. The lowest BCUT2D eigenvalue weighted by atomic mass is 9.94. The van der Waals surface area contributed by atoms with Crippen LogP contribution in [-0.4, -0.2) is 68.9 Å². The number of hydrogen-bond donors (Lipinski definition) is 0. The zero-order valence-corrected chi connectivity index (χ0v) is 29.1. The predicted octanol–water partition coefficient (Wildman–Crippen LogP) is 7.24. The zero-order valence-electron chi connectivity index (χ0n) is 26.2. The lowest BCUT2D eigenvalue weighted by Gasteiger charge is -2.42. The Balaban J connectivity index is 2.35. The van der Waals surface area contributed by atoms with Crippen molar-refractivity contribution in [3.63, 3.8) is 0 Å². The van der Waals surface area contributed by atoms with Gasteiger partial charge >= 0.3 is 0 Å². The third kappa shape index (κ3) is 8.83. The topological polar surface area (TPSA) is 71.1 Å². The van der Waals surface area contributed by atoms with Crippen LogP contribution in [0.15, 0.2) is 47.9 Å². The van der Waals surface area contributed by atoms with Crippen molar-refractivity contribution in [2.45, 2.75) is 120 Å². The molecule has 0 bridgehead atoms. The summed E-state index contributed by atoms with van der Waals surface area (Å²) in [6.45, 7) is 26.8. The van der Waals surface area contributed by atoms with Crippen molar-refractivity contribution < 1.29 is 26.7 Å². The molecule has 1 fully saturated rings. The van der Waals surface area contributed by atoms with Crippen molar-refractivity contribution in [2.24, 2.45) is 5.92 Å². The lowest BCUT2D eigenvalue weighted by Crippen LogP contribution is -2.49. The SMILES string of the molecule is C=CC[C@@H]1O[C@H](CC(CO[Si](C)(C)C(C)(C)C)O[Si](C)(C)C(C)(C)C)[C@H](OC)[C@H]1CS(=O)(=O)c1ccccc1. The molecule has 1 aromatic carbocycles. The molecule has 0 saturated carbocycles. The van der Waals surface area contributed by atoms with Gasteiger partial charge < -0.3 is 18.3 Å². The van der Waals surface area contributed by atoms with E-state index in [1.807, 2.05) is 6.07 Å². The van der Waals surface area contributed by atoms with Gasteiger partial charge in [0, 0.05) is 19.4 Å². The molecular weight excluding hydrogens is 545 g/mol. The van der Waals surface area contributed by atoms with Crippen LogP contribution in [0.5, 0.6) is 0 Å². The first-order valence-corrected chi connectivity index (χ1v) is 21.6. The van der Waals surface area contributed by atoms with E-state index in [1.165, 1.54) is 0 Å². The number of benzene rings is 1. The molecule has 0 aromatic heterocycles. The second-order valence-corrected chi connectivity index (χ2v) is 25.6. The van der Waals surface area contributed by atoms with Crippen LogP contribution in [0.2, 0.25) is 36.3 Å². The molecular formula is C30H54O6SSi2. The Morgan fingerprint density at radius 2 is 1.54 bits per heavy atom. The summed E-state index contributed by atoms with van der Waals surface area (Å²) in [6.07, 6.45) is 1.75. The van der Waals surface area contributed by atoms with Crippen molar-refractivity contribution in [1.82, 2.24) is 0 Å². The summed E-state index contributed by atoms with van der Waals surface area (Å²) in [7, 11) is -6.00. The predicted molar refractivity (Wildman–Crippen MR) is 166 cm³/mol. The number of rotatable bonds is 13. The first kappa shape index (κ1) is 34.4. The highest BCUT2D eigenvalue weighted by Crippen LogP contribution is 2.41. The van der Waals surface area contributed by atoms with Gasteiger partial charge in [-0.25, -0.2) is 8.42 Å². The first-order chi connectivity index (χ1) is 17.8. The second kappa shape index (κ2) is 13.0. The van der Waals surface area contributed by atoms with Gasteiger partial charge in [-0.3, -0.25) is 0 Å². The summed E-state index contributed by atoms with van der Waals surface area (Å²) in [5.74, 6) is -0.364. The van der Waals surface area contributed by atoms with Gasteiger partial charge in [-0.2, -0.15) is 0 Å². The van der Waals surface area contributed by atoms with Crippen LogP contribution in [0.3, 0.4) is 0 Å². The van der Waals surface area contributed by atoms with E-state index in [0.717, 1.165) is 0 Å². The Hall–Kier alpha value is -0.816. The van der Waals surface area contributed by atoms with E-state index in [1.54, 1.807) is 37.5 Å². The Kier molecular flexibility index (Phi) is 11.5. The number of ether oxygens (including phenoxy) is 2. The van der Waals surface area contributed by atoms with E-state index >= 15 is 0 Å². The summed E-state index contributed by atoms with van der Waals surface area (Å²) in [5.41, 5.74) is 0. The second-order valence-electron chi connectivity index (χ2n) is 14.0. The standard InChI is InChI=1S/C30H54O6SSi2/c1-13-17-26-25(22-37(31,32)24-18-15-14-16-19-24)28(33-8)27(35-26)20-23(36-39(11,12)30(5,6)7)21-34-38(9,10)29(2,3)4/h13-16,18-19,23,25-28H,1,17,20-22H2,2-12H3/t23?,25-,26-,27+,28+/m0/s1. The molecule has 0 aliphatic carbocycles. The quantitative estimate of drug-likeness (QED) is 0.176. The van der Waals surface area contributed by atoms with E-state index in [2.05, 4.69) is 74.3 Å². The van der Waals surface area contributed by atoms with E-state index < -0.39 is 26.5 Å². The summed E-state index contributed by atoms with van der Waals surface area (Å²) in [4.78, 5) is 0.322. The molecule has 2 rings (SSSR count). The van der Waals surface area contributed by atoms with Gasteiger partial charge in [0.15, 0.2) is 26.5 Å². The maximum absolute atomic E-state index is 13.4. The molecule has 1 aromatic rings. The van der Waals surface area contributed by atoms with Crippen LogP contribution in [0.25, 0.3) is 0 Å². The largest absolute Gasteiger partial charge is 0.414 e. The summed E-state index contributed by atoms with van der Waals surface area (Å²) >= 11 is 0. The van der Waals surface area contributed by atoms with Crippen LogP contribution in [0.4, 0.5) is 0 Å². The maximum Gasteiger partial charge on any atom is 0.192 e. The summed E-state index contributed by atoms with van der Waals surface area (Å²) in [5, 5.41) is 0.122. The third-order valence-electron chi connectivity index (χ3n) is 9.00. The molecule has 0 spiro atoms. The smallest absolute Gasteiger partial charge is 0.192 e.